The third kappa shape index (κ3) is 1.98. The van der Waals surface area contributed by atoms with Crippen molar-refractivity contribution in [2.24, 2.45) is 18.4 Å². The Labute approximate surface area is 109 Å². The Kier molecular flexibility index (Phi) is 2.76. The minimum atomic E-state index is 0.599. The maximum Gasteiger partial charge on any atom is 0.147 e. The van der Waals surface area contributed by atoms with Crippen LogP contribution in [-0.2, 0) is 13.5 Å². The average Bonchev–Trinajstić information content (AvgIpc) is 3.21. The van der Waals surface area contributed by atoms with Crippen molar-refractivity contribution in [2.45, 2.75) is 45.4 Å². The molecule has 2 aliphatic carbocycles. The Morgan fingerprint density at radius 1 is 1.44 bits per heavy atom. The predicted molar refractivity (Wildman–Crippen MR) is 74.5 cm³/mol. The smallest absolute Gasteiger partial charge is 0.147 e. The lowest BCUT2D eigenvalue weighted by Crippen LogP contribution is -2.19. The van der Waals surface area contributed by atoms with Gasteiger partial charge >= 0.3 is 0 Å². The van der Waals surface area contributed by atoms with Crippen molar-refractivity contribution in [3.05, 3.63) is 5.69 Å². The number of hydrogen-bond donors (Lipinski definition) is 2. The number of nitrogens with two attached hydrogens (primary N) is 1. The van der Waals surface area contributed by atoms with Gasteiger partial charge in [-0.1, -0.05) is 13.3 Å². The van der Waals surface area contributed by atoms with E-state index in [4.69, 9.17) is 5.73 Å². The summed E-state index contributed by atoms with van der Waals surface area (Å²) in [5, 5.41) is 8.07. The van der Waals surface area contributed by atoms with E-state index in [1.807, 2.05) is 11.7 Å². The van der Waals surface area contributed by atoms with Crippen LogP contribution < -0.4 is 11.1 Å². The van der Waals surface area contributed by atoms with Crippen LogP contribution in [0.1, 0.15) is 44.7 Å². The number of nitrogens with zero attached hydrogens (tertiary/aromatic N) is 2. The first-order chi connectivity index (χ1) is 8.66. The number of aromatic nitrogens is 2. The van der Waals surface area contributed by atoms with E-state index in [0.717, 1.165) is 42.5 Å². The summed E-state index contributed by atoms with van der Waals surface area (Å²) in [4.78, 5) is 0. The van der Waals surface area contributed by atoms with Crippen LogP contribution in [0, 0.1) is 11.3 Å². The van der Waals surface area contributed by atoms with Gasteiger partial charge in [-0.2, -0.15) is 5.10 Å². The van der Waals surface area contributed by atoms with Gasteiger partial charge in [-0.05, 0) is 43.4 Å². The summed E-state index contributed by atoms with van der Waals surface area (Å²) >= 11 is 0. The molecule has 0 spiro atoms. The number of nitrogen functional groups attached to an aromatic ring is 1. The maximum absolute atomic E-state index is 6.19. The van der Waals surface area contributed by atoms with Gasteiger partial charge in [0.25, 0.3) is 0 Å². The summed E-state index contributed by atoms with van der Waals surface area (Å²) in [6.45, 7) is 3.24. The van der Waals surface area contributed by atoms with Crippen LogP contribution in [0.2, 0.25) is 0 Å². The molecule has 2 aliphatic rings. The highest BCUT2D eigenvalue weighted by Gasteiger charge is 2.53. The number of anilines is 2. The highest BCUT2D eigenvalue weighted by molar-refractivity contribution is 5.65. The molecule has 1 aromatic rings. The summed E-state index contributed by atoms with van der Waals surface area (Å²) in [6, 6.07) is 0. The van der Waals surface area contributed by atoms with E-state index in [2.05, 4.69) is 17.3 Å². The molecule has 100 valence electrons. The van der Waals surface area contributed by atoms with E-state index in [9.17, 15) is 0 Å². The zero-order valence-corrected chi connectivity index (χ0v) is 11.5. The predicted octanol–water partition coefficient (Wildman–Crippen LogP) is 2.56. The summed E-state index contributed by atoms with van der Waals surface area (Å²) in [5.74, 6) is 2.00. The van der Waals surface area contributed by atoms with Gasteiger partial charge in [0.1, 0.15) is 5.82 Å². The van der Waals surface area contributed by atoms with E-state index in [0.29, 0.717) is 5.41 Å². The lowest BCUT2D eigenvalue weighted by Gasteiger charge is -2.16. The quantitative estimate of drug-likeness (QED) is 0.813. The van der Waals surface area contributed by atoms with Crippen LogP contribution in [0.5, 0.6) is 0 Å². The highest BCUT2D eigenvalue weighted by atomic mass is 15.3. The van der Waals surface area contributed by atoms with Gasteiger partial charge in [0, 0.05) is 13.6 Å². The Hall–Kier alpha value is -1.19. The fourth-order valence-electron chi connectivity index (χ4n) is 3.07. The lowest BCUT2D eigenvalue weighted by molar-refractivity contribution is 0.465. The molecule has 0 saturated heterocycles. The summed E-state index contributed by atoms with van der Waals surface area (Å²) < 4.78 is 1.91. The van der Waals surface area contributed by atoms with E-state index in [1.54, 1.807) is 0 Å². The average molecular weight is 248 g/mol. The minimum absolute atomic E-state index is 0.599. The van der Waals surface area contributed by atoms with Crippen molar-refractivity contribution in [1.82, 2.24) is 9.78 Å². The second-order valence-electron chi connectivity index (χ2n) is 6.07. The third-order valence-electron chi connectivity index (χ3n) is 4.59. The molecule has 3 rings (SSSR count). The largest absolute Gasteiger partial charge is 0.394 e. The molecular weight excluding hydrogens is 224 g/mol. The number of nitrogens with one attached hydrogen (secondary N) is 1. The van der Waals surface area contributed by atoms with Gasteiger partial charge in [0.05, 0.1) is 11.4 Å². The van der Waals surface area contributed by atoms with Gasteiger partial charge in [0.2, 0.25) is 0 Å². The summed E-state index contributed by atoms with van der Waals surface area (Å²) in [7, 11) is 1.98. The van der Waals surface area contributed by atoms with Gasteiger partial charge in [0.15, 0.2) is 0 Å². The van der Waals surface area contributed by atoms with E-state index in [-0.39, 0.29) is 0 Å². The molecule has 1 aromatic heterocycles. The molecule has 0 bridgehead atoms. The standard InChI is InChI=1S/C14H24N4/c1-3-4-11-12(15)13(18(2)17-11)16-9-14(7-8-14)10-5-6-10/h10,16H,3-9,15H2,1-2H3. The van der Waals surface area contributed by atoms with E-state index >= 15 is 0 Å². The lowest BCUT2D eigenvalue weighted by atomic mass is 10.0. The van der Waals surface area contributed by atoms with Gasteiger partial charge in [-0.3, -0.25) is 4.68 Å². The van der Waals surface area contributed by atoms with Crippen LogP contribution in [0.15, 0.2) is 0 Å². The van der Waals surface area contributed by atoms with E-state index < -0.39 is 0 Å². The molecule has 2 fully saturated rings. The van der Waals surface area contributed by atoms with E-state index in [1.165, 1.54) is 25.7 Å². The molecule has 2 saturated carbocycles. The molecule has 0 amide bonds. The van der Waals surface area contributed by atoms with Gasteiger partial charge in [-0.15, -0.1) is 0 Å². The van der Waals surface area contributed by atoms with Crippen LogP contribution >= 0.6 is 0 Å². The number of rotatable bonds is 6. The summed E-state index contributed by atoms with van der Waals surface area (Å²) in [5.41, 5.74) is 8.68. The van der Waals surface area contributed by atoms with Crippen LogP contribution in [0.25, 0.3) is 0 Å². The van der Waals surface area contributed by atoms with Crippen molar-refractivity contribution in [3.63, 3.8) is 0 Å². The Balaban J connectivity index is 1.68. The number of aryl methyl sites for hydroxylation is 2. The van der Waals surface area contributed by atoms with Crippen LogP contribution in [0.4, 0.5) is 11.5 Å². The SMILES string of the molecule is CCCc1nn(C)c(NCC2(C3CC3)CC2)c1N. The molecule has 1 heterocycles. The number of hydrogen-bond acceptors (Lipinski definition) is 3. The zero-order chi connectivity index (χ0) is 12.8. The highest BCUT2D eigenvalue weighted by Crippen LogP contribution is 2.61. The molecular formula is C14H24N4. The topological polar surface area (TPSA) is 55.9 Å². The molecule has 0 atom stereocenters. The first-order valence-electron chi connectivity index (χ1n) is 7.21. The monoisotopic (exact) mass is 248 g/mol. The maximum atomic E-state index is 6.19. The van der Waals surface area contributed by atoms with Crippen molar-refractivity contribution in [2.75, 3.05) is 17.6 Å². The molecule has 0 aliphatic heterocycles. The second kappa shape index (κ2) is 4.18. The Morgan fingerprint density at radius 2 is 2.17 bits per heavy atom. The molecule has 4 heteroatoms. The second-order valence-corrected chi connectivity index (χ2v) is 6.07. The van der Waals surface area contributed by atoms with Crippen molar-refractivity contribution < 1.29 is 0 Å². The van der Waals surface area contributed by atoms with Crippen molar-refractivity contribution in [1.29, 1.82) is 0 Å². The van der Waals surface area contributed by atoms with Crippen LogP contribution in [-0.4, -0.2) is 16.3 Å². The Bertz CT molecular complexity index is 441. The molecule has 0 radical (unpaired) electrons. The fourth-order valence-corrected chi connectivity index (χ4v) is 3.07. The fraction of sp³-hybridized carbons (Fsp3) is 0.786. The molecule has 18 heavy (non-hydrogen) atoms. The minimum Gasteiger partial charge on any atom is -0.394 e. The zero-order valence-electron chi connectivity index (χ0n) is 11.5. The first kappa shape index (κ1) is 11.9. The molecule has 3 N–H and O–H groups in total. The van der Waals surface area contributed by atoms with Crippen molar-refractivity contribution >= 4 is 11.5 Å². The Morgan fingerprint density at radius 3 is 2.72 bits per heavy atom. The van der Waals surface area contributed by atoms with Crippen LogP contribution in [0.3, 0.4) is 0 Å². The van der Waals surface area contributed by atoms with Crippen molar-refractivity contribution in [3.8, 4) is 0 Å². The molecule has 4 nitrogen and oxygen atoms in total. The van der Waals surface area contributed by atoms with Gasteiger partial charge in [-0.25, -0.2) is 0 Å². The third-order valence-corrected chi connectivity index (χ3v) is 4.59. The first-order valence-corrected chi connectivity index (χ1v) is 7.21. The van der Waals surface area contributed by atoms with Gasteiger partial charge < -0.3 is 11.1 Å². The molecule has 0 aromatic carbocycles. The normalized spacial score (nSPS) is 21.0. The summed E-state index contributed by atoms with van der Waals surface area (Å²) in [6.07, 6.45) is 7.71. The molecule has 0 unspecified atom stereocenters.